The van der Waals surface area contributed by atoms with Gasteiger partial charge in [-0.25, -0.2) is 0 Å². The Morgan fingerprint density at radius 3 is 2.61 bits per heavy atom. The van der Waals surface area contributed by atoms with E-state index in [4.69, 9.17) is 9.47 Å². The van der Waals surface area contributed by atoms with Crippen molar-refractivity contribution in [3.05, 3.63) is 18.2 Å². The van der Waals surface area contributed by atoms with Gasteiger partial charge in [0.25, 0.3) is 0 Å². The smallest absolute Gasteiger partial charge is 0.246 e. The van der Waals surface area contributed by atoms with Gasteiger partial charge in [0.2, 0.25) is 24.4 Å². The van der Waals surface area contributed by atoms with Gasteiger partial charge in [-0.15, -0.1) is 10.2 Å². The molecule has 1 N–H and O–H groups in total. The Labute approximate surface area is 192 Å². The third-order valence-corrected chi connectivity index (χ3v) is 6.73. The van der Waals surface area contributed by atoms with Crippen LogP contribution in [0.1, 0.15) is 57.8 Å². The van der Waals surface area contributed by atoms with Crippen LogP contribution >= 0.6 is 0 Å². The number of tetrazole rings is 1. The number of fused-ring (bicyclic) bond motifs is 1. The van der Waals surface area contributed by atoms with Crippen molar-refractivity contribution in [2.45, 2.75) is 76.4 Å². The van der Waals surface area contributed by atoms with Crippen LogP contribution in [0, 0.1) is 0 Å². The normalized spacial score (nSPS) is 18.4. The molecule has 2 aliphatic carbocycles. The Morgan fingerprint density at radius 2 is 1.79 bits per heavy atom. The van der Waals surface area contributed by atoms with E-state index in [0.29, 0.717) is 17.3 Å². The fraction of sp³-hybridized carbons (Fsp3) is 0.609. The Hall–Kier alpha value is -3.17. The van der Waals surface area contributed by atoms with E-state index < -0.39 is 0 Å². The molecule has 2 saturated carbocycles. The van der Waals surface area contributed by atoms with Gasteiger partial charge < -0.3 is 19.7 Å². The molecule has 0 unspecified atom stereocenters. The summed E-state index contributed by atoms with van der Waals surface area (Å²) in [4.78, 5) is 29.0. The average molecular weight is 455 g/mol. The number of carbonyl (C=O) groups is 2. The van der Waals surface area contributed by atoms with E-state index in [2.05, 4.69) is 20.7 Å². The van der Waals surface area contributed by atoms with Crippen LogP contribution < -0.4 is 14.8 Å². The van der Waals surface area contributed by atoms with Gasteiger partial charge in [-0.1, -0.05) is 32.1 Å². The molecule has 0 bridgehead atoms. The van der Waals surface area contributed by atoms with Gasteiger partial charge in [0, 0.05) is 17.6 Å². The van der Waals surface area contributed by atoms with E-state index in [1.165, 1.54) is 11.2 Å². The van der Waals surface area contributed by atoms with Crippen molar-refractivity contribution in [3.63, 3.8) is 0 Å². The van der Waals surface area contributed by atoms with Gasteiger partial charge in [-0.05, 0) is 49.1 Å². The van der Waals surface area contributed by atoms with Gasteiger partial charge in [-0.3, -0.25) is 9.59 Å². The molecule has 1 aromatic carbocycles. The quantitative estimate of drug-likeness (QED) is 0.683. The van der Waals surface area contributed by atoms with E-state index in [-0.39, 0.29) is 43.8 Å². The van der Waals surface area contributed by atoms with Gasteiger partial charge in [0.1, 0.15) is 6.54 Å². The molecular weight excluding hydrogens is 424 g/mol. The van der Waals surface area contributed by atoms with E-state index >= 15 is 0 Å². The van der Waals surface area contributed by atoms with Crippen LogP contribution in [-0.4, -0.2) is 62.3 Å². The van der Waals surface area contributed by atoms with Gasteiger partial charge >= 0.3 is 0 Å². The third kappa shape index (κ3) is 5.09. The molecule has 3 aliphatic rings. The zero-order chi connectivity index (χ0) is 22.6. The molecule has 1 aliphatic heterocycles. The fourth-order valence-corrected chi connectivity index (χ4v) is 4.99. The second kappa shape index (κ2) is 9.76. The molecule has 0 saturated heterocycles. The second-order valence-electron chi connectivity index (χ2n) is 9.07. The van der Waals surface area contributed by atoms with Crippen molar-refractivity contribution in [3.8, 4) is 22.9 Å². The minimum atomic E-state index is -0.155. The molecule has 0 radical (unpaired) electrons. The molecule has 1 aromatic heterocycles. The fourth-order valence-electron chi connectivity index (χ4n) is 4.99. The highest BCUT2D eigenvalue weighted by atomic mass is 16.7. The predicted molar refractivity (Wildman–Crippen MR) is 118 cm³/mol. The summed E-state index contributed by atoms with van der Waals surface area (Å²) in [5, 5.41) is 15.7. The van der Waals surface area contributed by atoms with Crippen molar-refractivity contribution >= 4 is 11.8 Å². The van der Waals surface area contributed by atoms with Crippen molar-refractivity contribution in [2.75, 3.05) is 13.3 Å². The number of hydrogen-bond donors (Lipinski definition) is 1. The molecule has 176 valence electrons. The second-order valence-corrected chi connectivity index (χ2v) is 9.07. The molecule has 2 amide bonds. The standard InChI is InChI=1S/C23H30N6O4/c30-21(24-17-6-4-5-7-17)13-28(18-8-2-1-3-9-18)22(31)14-29-26-23(25-27-29)16-10-11-19-20(12-16)33-15-32-19/h10-12,17-18H,1-9,13-15H2,(H,24,30). The monoisotopic (exact) mass is 454 g/mol. The Morgan fingerprint density at radius 1 is 1.03 bits per heavy atom. The van der Waals surface area contributed by atoms with E-state index in [9.17, 15) is 9.59 Å². The lowest BCUT2D eigenvalue weighted by Crippen LogP contribution is -2.49. The molecule has 10 nitrogen and oxygen atoms in total. The summed E-state index contributed by atoms with van der Waals surface area (Å²) in [6, 6.07) is 5.75. The van der Waals surface area contributed by atoms with E-state index in [0.717, 1.165) is 56.9 Å². The SMILES string of the molecule is O=C(CN(C(=O)Cn1nnc(-c2ccc3c(c2)OCO3)n1)C1CCCCC1)NC1CCCC1. The molecule has 2 fully saturated rings. The van der Waals surface area contributed by atoms with E-state index in [1.807, 2.05) is 6.07 Å². The molecule has 5 rings (SSSR count). The van der Waals surface area contributed by atoms with Crippen molar-refractivity contribution < 1.29 is 19.1 Å². The minimum Gasteiger partial charge on any atom is -0.454 e. The summed E-state index contributed by atoms with van der Waals surface area (Å²) >= 11 is 0. The number of ether oxygens (including phenoxy) is 2. The Balaban J connectivity index is 1.26. The highest BCUT2D eigenvalue weighted by Crippen LogP contribution is 2.34. The maximum Gasteiger partial charge on any atom is 0.246 e. The van der Waals surface area contributed by atoms with Gasteiger partial charge in [0.05, 0.1) is 6.54 Å². The number of nitrogens with one attached hydrogen (secondary N) is 1. The zero-order valence-corrected chi connectivity index (χ0v) is 18.7. The molecule has 0 spiro atoms. The van der Waals surface area contributed by atoms with Crippen LogP contribution in [0.4, 0.5) is 0 Å². The first kappa shape index (κ1) is 21.7. The average Bonchev–Trinajstić information content (AvgIpc) is 3.59. The number of amides is 2. The largest absolute Gasteiger partial charge is 0.454 e. The lowest BCUT2D eigenvalue weighted by Gasteiger charge is -2.34. The first-order valence-corrected chi connectivity index (χ1v) is 11.9. The highest BCUT2D eigenvalue weighted by molar-refractivity contribution is 5.85. The summed E-state index contributed by atoms with van der Waals surface area (Å²) in [6.45, 7) is 0.229. The number of aromatic nitrogens is 4. The summed E-state index contributed by atoms with van der Waals surface area (Å²) < 4.78 is 10.7. The number of nitrogens with zero attached hydrogens (tertiary/aromatic N) is 5. The molecule has 2 aromatic rings. The maximum absolute atomic E-state index is 13.3. The molecule has 33 heavy (non-hydrogen) atoms. The Bertz CT molecular complexity index is 997. The number of carbonyl (C=O) groups excluding carboxylic acids is 2. The molecular formula is C23H30N6O4. The molecule has 2 heterocycles. The van der Waals surface area contributed by atoms with E-state index in [1.54, 1.807) is 17.0 Å². The van der Waals surface area contributed by atoms with Crippen LogP contribution in [0.2, 0.25) is 0 Å². The van der Waals surface area contributed by atoms with Crippen molar-refractivity contribution in [1.82, 2.24) is 30.4 Å². The minimum absolute atomic E-state index is 0.0508. The Kier molecular flexibility index (Phi) is 6.41. The number of rotatable bonds is 7. The van der Waals surface area contributed by atoms with Crippen LogP contribution in [0.5, 0.6) is 11.5 Å². The van der Waals surface area contributed by atoms with Crippen molar-refractivity contribution in [2.24, 2.45) is 0 Å². The predicted octanol–water partition coefficient (Wildman–Crippen LogP) is 2.29. The van der Waals surface area contributed by atoms with Crippen molar-refractivity contribution in [1.29, 1.82) is 0 Å². The van der Waals surface area contributed by atoms with Crippen LogP contribution in [-0.2, 0) is 16.1 Å². The summed E-state index contributed by atoms with van der Waals surface area (Å²) in [6.07, 6.45) is 9.54. The topological polar surface area (TPSA) is 111 Å². The third-order valence-electron chi connectivity index (χ3n) is 6.73. The lowest BCUT2D eigenvalue weighted by molar-refractivity contribution is -0.140. The van der Waals surface area contributed by atoms with Crippen LogP contribution in [0.25, 0.3) is 11.4 Å². The van der Waals surface area contributed by atoms with Gasteiger partial charge in [0.15, 0.2) is 11.5 Å². The van der Waals surface area contributed by atoms with Crippen LogP contribution in [0.3, 0.4) is 0 Å². The summed E-state index contributed by atoms with van der Waals surface area (Å²) in [5.41, 5.74) is 0.734. The number of hydrogen-bond acceptors (Lipinski definition) is 7. The lowest BCUT2D eigenvalue weighted by atomic mass is 9.94. The summed E-state index contributed by atoms with van der Waals surface area (Å²) in [7, 11) is 0. The zero-order valence-electron chi connectivity index (χ0n) is 18.7. The molecule has 10 heteroatoms. The number of benzene rings is 1. The maximum atomic E-state index is 13.3. The first-order valence-electron chi connectivity index (χ1n) is 11.9. The van der Waals surface area contributed by atoms with Crippen LogP contribution in [0.15, 0.2) is 18.2 Å². The highest BCUT2D eigenvalue weighted by Gasteiger charge is 2.29. The summed E-state index contributed by atoms with van der Waals surface area (Å²) in [5.74, 6) is 1.49. The molecule has 0 atom stereocenters. The first-order chi connectivity index (χ1) is 16.2. The van der Waals surface area contributed by atoms with Gasteiger partial charge in [-0.2, -0.15) is 4.80 Å².